The van der Waals surface area contributed by atoms with Gasteiger partial charge in [0.25, 0.3) is 0 Å². The second-order valence-corrected chi connectivity index (χ2v) is 5.09. The molecule has 1 nitrogen and oxygen atoms in total. The topological polar surface area (TPSA) is 26.0 Å². The van der Waals surface area contributed by atoms with Crippen molar-refractivity contribution in [1.29, 1.82) is 0 Å². The molecule has 1 fully saturated rings. The Labute approximate surface area is 62.7 Å². The van der Waals surface area contributed by atoms with E-state index < -0.39 is 0 Å². The third-order valence-electron chi connectivity index (χ3n) is 0.923. The quantitative estimate of drug-likeness (QED) is 0.629. The molecule has 0 aromatic carbocycles. The second-order valence-electron chi connectivity index (χ2n) is 1.50. The van der Waals surface area contributed by atoms with Crippen molar-refractivity contribution in [2.75, 3.05) is 17.3 Å². The van der Waals surface area contributed by atoms with Gasteiger partial charge in [0.1, 0.15) is 0 Å². The van der Waals surface area contributed by atoms with Crippen LogP contribution in [-0.4, -0.2) is 21.8 Å². The number of hydrogen-bond acceptors (Lipinski definition) is 4. The Morgan fingerprint density at radius 1 is 1.50 bits per heavy atom. The fraction of sp³-hybridized carbons (Fsp3) is 1.00. The molecule has 0 bridgehead atoms. The minimum atomic E-state index is 0.782. The molecule has 0 aromatic heterocycles. The lowest BCUT2D eigenvalue weighted by molar-refractivity contribution is 1.46. The zero-order chi connectivity index (χ0) is 5.82. The van der Waals surface area contributed by atoms with E-state index in [1.165, 1.54) is 23.5 Å². The SMILES string of the molecule is NSCC1SCCS1. The molecule has 1 aliphatic heterocycles. The van der Waals surface area contributed by atoms with E-state index in [1.54, 1.807) is 0 Å². The smallest absolute Gasteiger partial charge is 0.0605 e. The van der Waals surface area contributed by atoms with Crippen LogP contribution in [0, 0.1) is 0 Å². The van der Waals surface area contributed by atoms with Gasteiger partial charge in [-0.05, 0) is 0 Å². The van der Waals surface area contributed by atoms with Crippen LogP contribution in [0.4, 0.5) is 0 Å². The van der Waals surface area contributed by atoms with Crippen LogP contribution in [0.2, 0.25) is 0 Å². The third kappa shape index (κ3) is 2.09. The molecule has 1 heterocycles. The molecule has 1 saturated heterocycles. The molecule has 8 heavy (non-hydrogen) atoms. The summed E-state index contributed by atoms with van der Waals surface area (Å²) >= 11 is 5.52. The van der Waals surface area contributed by atoms with Gasteiger partial charge < -0.3 is 0 Å². The van der Waals surface area contributed by atoms with Crippen LogP contribution in [0.25, 0.3) is 0 Å². The molecule has 0 radical (unpaired) electrons. The van der Waals surface area contributed by atoms with Crippen LogP contribution < -0.4 is 5.14 Å². The zero-order valence-corrected chi connectivity index (χ0v) is 6.95. The molecule has 0 amide bonds. The number of hydrogen-bond donors (Lipinski definition) is 1. The second kappa shape index (κ2) is 3.93. The first kappa shape index (κ1) is 7.12. The fourth-order valence-electron chi connectivity index (χ4n) is 0.582. The molecule has 0 saturated carbocycles. The van der Waals surface area contributed by atoms with E-state index in [0.717, 1.165) is 10.3 Å². The summed E-state index contributed by atoms with van der Waals surface area (Å²) in [6, 6.07) is 0. The van der Waals surface area contributed by atoms with Gasteiger partial charge in [-0.2, -0.15) is 0 Å². The summed E-state index contributed by atoms with van der Waals surface area (Å²) in [4.78, 5) is 0. The van der Waals surface area contributed by atoms with Gasteiger partial charge in [0.05, 0.1) is 4.58 Å². The van der Waals surface area contributed by atoms with E-state index in [-0.39, 0.29) is 0 Å². The third-order valence-corrected chi connectivity index (χ3v) is 4.90. The maximum atomic E-state index is 5.30. The first-order valence-corrected chi connectivity index (χ1v) is 5.63. The highest BCUT2D eigenvalue weighted by molar-refractivity contribution is 8.21. The van der Waals surface area contributed by atoms with Crippen LogP contribution >= 0.6 is 35.5 Å². The van der Waals surface area contributed by atoms with E-state index >= 15 is 0 Å². The normalized spacial score (nSPS) is 22.1. The lowest BCUT2D eigenvalue weighted by atomic mass is 10.9. The van der Waals surface area contributed by atoms with E-state index in [0.29, 0.717) is 0 Å². The Bertz CT molecular complexity index is 62.3. The van der Waals surface area contributed by atoms with E-state index in [4.69, 9.17) is 5.14 Å². The Balaban J connectivity index is 2.06. The molecule has 2 N–H and O–H groups in total. The molecule has 0 unspecified atom stereocenters. The van der Waals surface area contributed by atoms with Gasteiger partial charge in [0, 0.05) is 17.3 Å². The highest BCUT2D eigenvalue weighted by Crippen LogP contribution is 2.32. The van der Waals surface area contributed by atoms with Gasteiger partial charge in [-0.15, -0.1) is 23.5 Å². The predicted octanol–water partition coefficient (Wildman–Crippen LogP) is 1.40. The predicted molar refractivity (Wildman–Crippen MR) is 45.3 cm³/mol. The Hall–Kier alpha value is 1.01. The lowest BCUT2D eigenvalue weighted by Crippen LogP contribution is -1.97. The standard InChI is InChI=1S/C4H9NS3/c5-8-3-4-6-1-2-7-4/h4H,1-3,5H2. The monoisotopic (exact) mass is 167 g/mol. The summed E-state index contributed by atoms with van der Waals surface area (Å²) in [7, 11) is 0. The van der Waals surface area contributed by atoms with E-state index in [2.05, 4.69) is 0 Å². The van der Waals surface area contributed by atoms with Crippen LogP contribution in [0.1, 0.15) is 0 Å². The van der Waals surface area contributed by atoms with Crippen molar-refractivity contribution < 1.29 is 0 Å². The average molecular weight is 167 g/mol. The van der Waals surface area contributed by atoms with Gasteiger partial charge >= 0.3 is 0 Å². The number of thioether (sulfide) groups is 2. The van der Waals surface area contributed by atoms with Crippen molar-refractivity contribution >= 4 is 35.5 Å². The van der Waals surface area contributed by atoms with Crippen LogP contribution in [0.15, 0.2) is 0 Å². The minimum absolute atomic E-state index is 0.782. The Morgan fingerprint density at radius 2 is 2.12 bits per heavy atom. The van der Waals surface area contributed by atoms with Gasteiger partial charge in [0.2, 0.25) is 0 Å². The first-order valence-electron chi connectivity index (χ1n) is 2.48. The van der Waals surface area contributed by atoms with Crippen molar-refractivity contribution in [3.8, 4) is 0 Å². The Morgan fingerprint density at radius 3 is 2.62 bits per heavy atom. The van der Waals surface area contributed by atoms with Gasteiger partial charge in [-0.3, -0.25) is 5.14 Å². The highest BCUT2D eigenvalue weighted by atomic mass is 32.2. The summed E-state index contributed by atoms with van der Waals surface area (Å²) in [5, 5.41) is 5.30. The van der Waals surface area contributed by atoms with Crippen molar-refractivity contribution in [3.63, 3.8) is 0 Å². The van der Waals surface area contributed by atoms with Gasteiger partial charge in [-0.1, -0.05) is 11.9 Å². The van der Waals surface area contributed by atoms with Gasteiger partial charge in [-0.25, -0.2) is 0 Å². The van der Waals surface area contributed by atoms with Crippen molar-refractivity contribution in [2.45, 2.75) is 4.58 Å². The maximum Gasteiger partial charge on any atom is 0.0605 e. The fourth-order valence-corrected chi connectivity index (χ4v) is 4.24. The minimum Gasteiger partial charge on any atom is -0.278 e. The molecule has 0 aromatic rings. The molecule has 1 rings (SSSR count). The van der Waals surface area contributed by atoms with Crippen LogP contribution in [0.5, 0.6) is 0 Å². The van der Waals surface area contributed by atoms with Crippen LogP contribution in [0.3, 0.4) is 0 Å². The average Bonchev–Trinajstić information content (AvgIpc) is 2.19. The molecule has 1 aliphatic rings. The van der Waals surface area contributed by atoms with Crippen molar-refractivity contribution in [1.82, 2.24) is 0 Å². The molecule has 0 aliphatic carbocycles. The molecular weight excluding hydrogens is 158 g/mol. The van der Waals surface area contributed by atoms with Crippen molar-refractivity contribution in [3.05, 3.63) is 0 Å². The maximum absolute atomic E-state index is 5.30. The summed E-state index contributed by atoms with van der Waals surface area (Å²) in [6.07, 6.45) is 0. The number of nitrogens with two attached hydrogens (primary N) is 1. The summed E-state index contributed by atoms with van der Waals surface area (Å²) in [5.74, 6) is 3.74. The van der Waals surface area contributed by atoms with Crippen LogP contribution in [-0.2, 0) is 0 Å². The summed E-state index contributed by atoms with van der Waals surface area (Å²) in [5.41, 5.74) is 0. The molecule has 48 valence electrons. The van der Waals surface area contributed by atoms with E-state index in [9.17, 15) is 0 Å². The van der Waals surface area contributed by atoms with E-state index in [1.807, 2.05) is 23.5 Å². The number of rotatable bonds is 2. The Kier molecular flexibility index (Phi) is 3.50. The highest BCUT2D eigenvalue weighted by Gasteiger charge is 2.14. The zero-order valence-electron chi connectivity index (χ0n) is 4.50. The molecule has 4 heteroatoms. The molecular formula is C4H9NS3. The molecule has 0 spiro atoms. The summed E-state index contributed by atoms with van der Waals surface area (Å²) < 4.78 is 0.782. The largest absolute Gasteiger partial charge is 0.278 e. The van der Waals surface area contributed by atoms with Gasteiger partial charge in [0.15, 0.2) is 0 Å². The molecule has 0 atom stereocenters. The summed E-state index contributed by atoms with van der Waals surface area (Å²) in [6.45, 7) is 0. The first-order chi connectivity index (χ1) is 3.93. The van der Waals surface area contributed by atoms with Crippen molar-refractivity contribution in [2.24, 2.45) is 5.14 Å². The lowest BCUT2D eigenvalue weighted by Gasteiger charge is -2.01.